The largest absolute Gasteiger partial charge is 0.477 e. The van der Waals surface area contributed by atoms with Crippen LogP contribution in [0.25, 0.3) is 0 Å². The van der Waals surface area contributed by atoms with E-state index < -0.39 is 73.7 Å². The molecule has 0 aliphatic carbocycles. The summed E-state index contributed by atoms with van der Waals surface area (Å²) < 4.78 is 9.83. The first-order valence-corrected chi connectivity index (χ1v) is 7.23. The third kappa shape index (κ3) is 5.07. The fourth-order valence-corrected chi connectivity index (χ4v) is 2.44. The Balaban J connectivity index is 3.27. The van der Waals surface area contributed by atoms with Crippen LogP contribution in [0.4, 0.5) is 0 Å². The summed E-state index contributed by atoms with van der Waals surface area (Å²) >= 11 is 0. The van der Waals surface area contributed by atoms with Crippen molar-refractivity contribution in [2.75, 3.05) is 13.2 Å². The van der Waals surface area contributed by atoms with Gasteiger partial charge in [-0.15, -0.1) is 0 Å². The molecule has 0 aromatic carbocycles. The molecular weight excluding hydrogens is 346 g/mol. The number of carboxylic acids is 1. The van der Waals surface area contributed by atoms with Crippen LogP contribution in [0.1, 0.15) is 13.3 Å². The molecule has 3 unspecified atom stereocenters. The normalized spacial score (nSPS) is 31.7. The van der Waals surface area contributed by atoms with E-state index in [1.54, 1.807) is 0 Å². The average molecular weight is 367 g/mol. The molecule has 1 amide bonds. The molecule has 0 saturated carbocycles. The first-order chi connectivity index (χ1) is 11.6. The molecule has 1 fully saturated rings. The zero-order valence-corrected chi connectivity index (χ0v) is 13.2. The number of aliphatic hydroxyl groups excluding tert-OH is 4. The van der Waals surface area contributed by atoms with Crippen molar-refractivity contribution in [2.24, 2.45) is 0 Å². The summed E-state index contributed by atoms with van der Waals surface area (Å²) in [6.07, 6.45) is -7.81. The van der Waals surface area contributed by atoms with Gasteiger partial charge in [0.2, 0.25) is 5.91 Å². The quantitative estimate of drug-likeness (QED) is 0.214. The van der Waals surface area contributed by atoms with Crippen LogP contribution < -0.4 is 5.32 Å². The van der Waals surface area contributed by atoms with Crippen molar-refractivity contribution < 1.29 is 54.5 Å². The summed E-state index contributed by atoms with van der Waals surface area (Å²) in [5.41, 5.74) is 0. The number of aliphatic carboxylic acids is 1. The molecule has 1 saturated heterocycles. The van der Waals surface area contributed by atoms with Crippen LogP contribution in [-0.4, -0.2) is 97.9 Å². The molecule has 1 aliphatic rings. The molecule has 6 atom stereocenters. The molecule has 0 bridgehead atoms. The standard InChI is InChI=1S/C13H21NO11/c1-5(17)24-7-2-13(23,12(21)22)25-11(10(20)6(18)3-15)9(7)14-8(19)4-16/h6-7,9-11,15-16,18,20,23H,2-4H2,1H3,(H,14,19)(H,21,22)/t6?,7-,9+,10?,11+,13?/m0/s1. The zero-order valence-electron chi connectivity index (χ0n) is 13.2. The lowest BCUT2D eigenvalue weighted by atomic mass is 9.88. The minimum Gasteiger partial charge on any atom is -0.477 e. The highest BCUT2D eigenvalue weighted by Crippen LogP contribution is 2.32. The highest BCUT2D eigenvalue weighted by Gasteiger charge is 2.55. The number of rotatable bonds is 7. The topological polar surface area (TPSA) is 203 Å². The number of hydrogen-bond donors (Lipinski definition) is 7. The Hall–Kier alpha value is -1.83. The summed E-state index contributed by atoms with van der Waals surface area (Å²) in [4.78, 5) is 34.0. The van der Waals surface area contributed by atoms with Gasteiger partial charge in [0.1, 0.15) is 31.0 Å². The van der Waals surface area contributed by atoms with E-state index in [-0.39, 0.29) is 0 Å². The minimum atomic E-state index is -2.89. The highest BCUT2D eigenvalue weighted by atomic mass is 16.7. The number of carbonyl (C=O) groups excluding carboxylic acids is 2. The van der Waals surface area contributed by atoms with E-state index >= 15 is 0 Å². The Kier molecular flexibility index (Phi) is 7.22. The fourth-order valence-electron chi connectivity index (χ4n) is 2.44. The molecule has 1 rings (SSSR count). The van der Waals surface area contributed by atoms with Gasteiger partial charge in [0.05, 0.1) is 19.1 Å². The van der Waals surface area contributed by atoms with Crippen LogP contribution in [0, 0.1) is 0 Å². The van der Waals surface area contributed by atoms with Gasteiger partial charge in [0.15, 0.2) is 0 Å². The van der Waals surface area contributed by atoms with Gasteiger partial charge in [-0.1, -0.05) is 0 Å². The van der Waals surface area contributed by atoms with E-state index in [4.69, 9.17) is 24.8 Å². The molecule has 0 aromatic heterocycles. The number of hydrogen-bond acceptors (Lipinski definition) is 10. The number of carbonyl (C=O) groups is 3. The van der Waals surface area contributed by atoms with E-state index in [9.17, 15) is 29.7 Å². The molecule has 12 heteroatoms. The fraction of sp³-hybridized carbons (Fsp3) is 0.769. The number of aliphatic hydroxyl groups is 5. The molecule has 0 aromatic rings. The smallest absolute Gasteiger partial charge is 0.364 e. The van der Waals surface area contributed by atoms with E-state index in [1.165, 1.54) is 0 Å². The Bertz CT molecular complexity index is 512. The molecule has 1 aliphatic heterocycles. The molecule has 0 spiro atoms. The zero-order chi connectivity index (χ0) is 19.4. The SMILES string of the molecule is CC(=O)O[C@H]1CC(O)(C(=O)O)O[C@@H](C(O)C(O)CO)[C@@H]1NC(=O)CO. The van der Waals surface area contributed by atoms with Gasteiger partial charge in [0.25, 0.3) is 5.79 Å². The van der Waals surface area contributed by atoms with Crippen molar-refractivity contribution in [3.63, 3.8) is 0 Å². The van der Waals surface area contributed by atoms with Crippen molar-refractivity contribution in [3.05, 3.63) is 0 Å². The molecule has 12 nitrogen and oxygen atoms in total. The van der Waals surface area contributed by atoms with Crippen molar-refractivity contribution >= 4 is 17.8 Å². The Labute approximate surface area is 141 Å². The number of carboxylic acid groups (broad SMARTS) is 1. The van der Waals surface area contributed by atoms with Crippen molar-refractivity contribution in [1.29, 1.82) is 0 Å². The predicted octanol–water partition coefficient (Wildman–Crippen LogP) is -4.33. The lowest BCUT2D eigenvalue weighted by Gasteiger charge is -2.45. The second kappa shape index (κ2) is 8.51. The van der Waals surface area contributed by atoms with Crippen LogP contribution in [0.15, 0.2) is 0 Å². The van der Waals surface area contributed by atoms with Crippen molar-refractivity contribution in [2.45, 2.75) is 49.6 Å². The predicted molar refractivity (Wildman–Crippen MR) is 75.7 cm³/mol. The molecule has 1 heterocycles. The lowest BCUT2D eigenvalue weighted by molar-refractivity contribution is -0.296. The van der Waals surface area contributed by atoms with Crippen molar-refractivity contribution in [3.8, 4) is 0 Å². The molecule has 25 heavy (non-hydrogen) atoms. The molecule has 144 valence electrons. The monoisotopic (exact) mass is 367 g/mol. The Morgan fingerprint density at radius 2 is 1.92 bits per heavy atom. The Morgan fingerprint density at radius 3 is 2.36 bits per heavy atom. The second-order valence-electron chi connectivity index (χ2n) is 5.52. The molecule has 0 radical (unpaired) electrons. The number of amides is 1. The highest BCUT2D eigenvalue weighted by molar-refractivity contribution is 5.78. The Morgan fingerprint density at radius 1 is 1.32 bits per heavy atom. The summed E-state index contributed by atoms with van der Waals surface area (Å²) in [7, 11) is 0. The third-order valence-corrected chi connectivity index (χ3v) is 3.60. The first kappa shape index (κ1) is 21.2. The first-order valence-electron chi connectivity index (χ1n) is 7.23. The number of ether oxygens (including phenoxy) is 2. The maximum Gasteiger partial charge on any atom is 0.364 e. The van der Waals surface area contributed by atoms with Gasteiger partial charge in [-0.2, -0.15) is 0 Å². The lowest BCUT2D eigenvalue weighted by Crippen LogP contribution is -2.68. The maximum atomic E-state index is 11.5. The van der Waals surface area contributed by atoms with Crippen LogP contribution in [0.5, 0.6) is 0 Å². The van der Waals surface area contributed by atoms with Gasteiger partial charge in [-0.3, -0.25) is 9.59 Å². The van der Waals surface area contributed by atoms with E-state index in [2.05, 4.69) is 5.32 Å². The average Bonchev–Trinajstić information content (AvgIpc) is 2.54. The summed E-state index contributed by atoms with van der Waals surface area (Å²) in [5.74, 6) is -6.59. The second-order valence-corrected chi connectivity index (χ2v) is 5.52. The van der Waals surface area contributed by atoms with Gasteiger partial charge in [-0.05, 0) is 0 Å². The minimum absolute atomic E-state index is 0.795. The van der Waals surface area contributed by atoms with Gasteiger partial charge >= 0.3 is 11.9 Å². The molecular formula is C13H21NO11. The van der Waals surface area contributed by atoms with E-state index in [0.29, 0.717) is 0 Å². The van der Waals surface area contributed by atoms with Crippen LogP contribution >= 0.6 is 0 Å². The maximum absolute atomic E-state index is 11.5. The molecule has 7 N–H and O–H groups in total. The number of esters is 1. The van der Waals surface area contributed by atoms with Gasteiger partial charge in [-0.25, -0.2) is 4.79 Å². The van der Waals surface area contributed by atoms with E-state index in [1.807, 2.05) is 0 Å². The summed E-state index contributed by atoms with van der Waals surface area (Å²) in [6.45, 7) is -0.919. The van der Waals surface area contributed by atoms with Crippen LogP contribution in [0.2, 0.25) is 0 Å². The summed E-state index contributed by atoms with van der Waals surface area (Å²) in [6, 6.07) is -1.42. The van der Waals surface area contributed by atoms with E-state index in [0.717, 1.165) is 6.92 Å². The van der Waals surface area contributed by atoms with Gasteiger partial charge in [0, 0.05) is 6.92 Å². The van der Waals surface area contributed by atoms with Crippen molar-refractivity contribution in [1.82, 2.24) is 5.32 Å². The van der Waals surface area contributed by atoms with Gasteiger partial charge < -0.3 is 45.4 Å². The third-order valence-electron chi connectivity index (χ3n) is 3.60. The summed E-state index contributed by atoms with van der Waals surface area (Å²) in [5, 5.41) is 58.8. The number of nitrogens with one attached hydrogen (secondary N) is 1. The van der Waals surface area contributed by atoms with Crippen LogP contribution in [0.3, 0.4) is 0 Å². The van der Waals surface area contributed by atoms with Crippen LogP contribution in [-0.2, 0) is 23.9 Å².